The molecular formula is C18H25ClN6O. The second-order valence-electron chi connectivity index (χ2n) is 6.50. The summed E-state index contributed by atoms with van der Waals surface area (Å²) in [7, 11) is 1.72. The van der Waals surface area contributed by atoms with Gasteiger partial charge in [-0.25, -0.2) is 4.98 Å². The van der Waals surface area contributed by atoms with Gasteiger partial charge in [-0.3, -0.25) is 9.48 Å². The molecule has 1 saturated heterocycles. The van der Waals surface area contributed by atoms with E-state index in [-0.39, 0.29) is 5.91 Å². The number of pyridine rings is 1. The van der Waals surface area contributed by atoms with Crippen molar-refractivity contribution in [3.05, 3.63) is 40.3 Å². The first-order valence-corrected chi connectivity index (χ1v) is 9.27. The molecule has 140 valence electrons. The standard InChI is InChI=1S/C18H25ClN6O/c1-4-24-7-9-25(10-8-24)15-6-5-14(11-20-15)12-21-18(26)16-13(2)22-23(3)17(16)19/h5-6,11H,4,7-10,12H2,1-3H3,(H,21,26). The van der Waals surface area contributed by atoms with Gasteiger partial charge in [0.05, 0.1) is 11.3 Å². The van der Waals surface area contributed by atoms with Crippen LogP contribution in [0.25, 0.3) is 0 Å². The zero-order valence-corrected chi connectivity index (χ0v) is 16.3. The van der Waals surface area contributed by atoms with Gasteiger partial charge in [0.2, 0.25) is 0 Å². The zero-order valence-electron chi connectivity index (χ0n) is 15.5. The van der Waals surface area contributed by atoms with E-state index >= 15 is 0 Å². The summed E-state index contributed by atoms with van der Waals surface area (Å²) in [6.07, 6.45) is 1.82. The van der Waals surface area contributed by atoms with Crippen LogP contribution in [0.5, 0.6) is 0 Å². The van der Waals surface area contributed by atoms with Crippen LogP contribution in [-0.2, 0) is 13.6 Å². The van der Waals surface area contributed by atoms with Crippen LogP contribution in [0.15, 0.2) is 18.3 Å². The minimum atomic E-state index is -0.222. The number of carbonyl (C=O) groups excluding carboxylic acids is 1. The van der Waals surface area contributed by atoms with E-state index in [1.54, 1.807) is 14.0 Å². The van der Waals surface area contributed by atoms with Gasteiger partial charge < -0.3 is 15.1 Å². The van der Waals surface area contributed by atoms with E-state index in [0.29, 0.717) is 23.0 Å². The molecule has 2 aromatic heterocycles. The van der Waals surface area contributed by atoms with Crippen molar-refractivity contribution in [2.24, 2.45) is 7.05 Å². The molecule has 0 spiro atoms. The fraction of sp³-hybridized carbons (Fsp3) is 0.500. The summed E-state index contributed by atoms with van der Waals surface area (Å²) in [6, 6.07) is 4.03. The SMILES string of the molecule is CCN1CCN(c2ccc(CNC(=O)c3c(C)nn(C)c3Cl)cn2)CC1. The fourth-order valence-electron chi connectivity index (χ4n) is 3.16. The molecule has 0 atom stereocenters. The van der Waals surface area contributed by atoms with Crippen LogP contribution < -0.4 is 10.2 Å². The van der Waals surface area contributed by atoms with Gasteiger partial charge in [-0.2, -0.15) is 5.10 Å². The van der Waals surface area contributed by atoms with Crippen molar-refractivity contribution < 1.29 is 4.79 Å². The van der Waals surface area contributed by atoms with E-state index in [0.717, 1.165) is 44.1 Å². The number of aryl methyl sites for hydroxylation is 2. The molecule has 0 bridgehead atoms. The molecule has 0 aromatic carbocycles. The van der Waals surface area contributed by atoms with Crippen molar-refractivity contribution >= 4 is 23.3 Å². The summed E-state index contributed by atoms with van der Waals surface area (Å²) < 4.78 is 1.50. The highest BCUT2D eigenvalue weighted by Gasteiger charge is 2.19. The van der Waals surface area contributed by atoms with E-state index in [9.17, 15) is 4.79 Å². The molecule has 7 nitrogen and oxygen atoms in total. The summed E-state index contributed by atoms with van der Waals surface area (Å²) in [4.78, 5) is 21.7. The highest BCUT2D eigenvalue weighted by molar-refractivity contribution is 6.33. The Kier molecular flexibility index (Phi) is 5.78. The molecule has 1 amide bonds. The number of rotatable bonds is 5. The van der Waals surface area contributed by atoms with E-state index in [2.05, 4.69) is 32.1 Å². The largest absolute Gasteiger partial charge is 0.354 e. The molecule has 1 N–H and O–H groups in total. The van der Waals surface area contributed by atoms with Crippen molar-refractivity contribution in [2.75, 3.05) is 37.6 Å². The Morgan fingerprint density at radius 2 is 2.00 bits per heavy atom. The number of amides is 1. The van der Waals surface area contributed by atoms with Gasteiger partial charge >= 0.3 is 0 Å². The number of likely N-dealkylation sites (N-methyl/N-ethyl adjacent to an activating group) is 1. The van der Waals surface area contributed by atoms with Crippen molar-refractivity contribution in [1.29, 1.82) is 0 Å². The lowest BCUT2D eigenvalue weighted by molar-refractivity contribution is 0.0950. The number of hydrogen-bond donors (Lipinski definition) is 1. The maximum Gasteiger partial charge on any atom is 0.256 e. The second kappa shape index (κ2) is 8.05. The normalized spacial score (nSPS) is 15.3. The van der Waals surface area contributed by atoms with Crippen molar-refractivity contribution in [3.63, 3.8) is 0 Å². The van der Waals surface area contributed by atoms with Crippen LogP contribution in [0, 0.1) is 6.92 Å². The zero-order chi connectivity index (χ0) is 18.7. The quantitative estimate of drug-likeness (QED) is 0.862. The Hall–Kier alpha value is -2.12. The van der Waals surface area contributed by atoms with Crippen molar-refractivity contribution in [3.8, 4) is 0 Å². The maximum atomic E-state index is 12.4. The molecule has 3 rings (SSSR count). The smallest absolute Gasteiger partial charge is 0.256 e. The maximum absolute atomic E-state index is 12.4. The molecule has 1 aliphatic rings. The molecule has 0 saturated carbocycles. The van der Waals surface area contributed by atoms with Crippen molar-refractivity contribution in [1.82, 2.24) is 25.0 Å². The molecule has 1 aliphatic heterocycles. The summed E-state index contributed by atoms with van der Waals surface area (Å²) in [5, 5.41) is 7.40. The molecule has 0 aliphatic carbocycles. The molecule has 1 fully saturated rings. The highest BCUT2D eigenvalue weighted by atomic mass is 35.5. The van der Waals surface area contributed by atoms with Crippen LogP contribution >= 0.6 is 11.6 Å². The molecule has 3 heterocycles. The molecule has 26 heavy (non-hydrogen) atoms. The van der Waals surface area contributed by atoms with Gasteiger partial charge in [0.1, 0.15) is 11.0 Å². The van der Waals surface area contributed by atoms with Gasteiger partial charge in [-0.15, -0.1) is 0 Å². The van der Waals surface area contributed by atoms with Gasteiger partial charge in [0.15, 0.2) is 0 Å². The molecular weight excluding hydrogens is 352 g/mol. The number of nitrogens with one attached hydrogen (secondary N) is 1. The van der Waals surface area contributed by atoms with Crippen LogP contribution in [0.4, 0.5) is 5.82 Å². The average molecular weight is 377 g/mol. The third-order valence-electron chi connectivity index (χ3n) is 4.78. The Balaban J connectivity index is 1.57. The lowest BCUT2D eigenvalue weighted by Gasteiger charge is -2.34. The minimum Gasteiger partial charge on any atom is -0.354 e. The Morgan fingerprint density at radius 3 is 2.54 bits per heavy atom. The first kappa shape index (κ1) is 18.7. The van der Waals surface area contributed by atoms with Crippen LogP contribution in [0.3, 0.4) is 0 Å². The van der Waals surface area contributed by atoms with Gasteiger partial charge in [-0.05, 0) is 25.1 Å². The number of carbonyl (C=O) groups is 1. The monoisotopic (exact) mass is 376 g/mol. The Labute approximate surface area is 158 Å². The number of hydrogen-bond acceptors (Lipinski definition) is 5. The predicted octanol–water partition coefficient (Wildman–Crippen LogP) is 1.85. The van der Waals surface area contributed by atoms with Gasteiger partial charge in [0, 0.05) is 46.0 Å². The van der Waals surface area contributed by atoms with E-state index in [1.807, 2.05) is 18.3 Å². The number of aromatic nitrogens is 3. The van der Waals surface area contributed by atoms with E-state index < -0.39 is 0 Å². The predicted molar refractivity (Wildman–Crippen MR) is 103 cm³/mol. The lowest BCUT2D eigenvalue weighted by Crippen LogP contribution is -2.46. The van der Waals surface area contributed by atoms with Crippen molar-refractivity contribution in [2.45, 2.75) is 20.4 Å². The topological polar surface area (TPSA) is 66.3 Å². The summed E-state index contributed by atoms with van der Waals surface area (Å²) in [5.41, 5.74) is 1.99. The molecule has 0 radical (unpaired) electrons. The lowest BCUT2D eigenvalue weighted by atomic mass is 10.2. The number of nitrogens with zero attached hydrogens (tertiary/aromatic N) is 5. The summed E-state index contributed by atoms with van der Waals surface area (Å²) in [5.74, 6) is 0.766. The third-order valence-corrected chi connectivity index (χ3v) is 5.22. The molecule has 0 unspecified atom stereocenters. The van der Waals surface area contributed by atoms with Crippen LogP contribution in [0.2, 0.25) is 5.15 Å². The highest BCUT2D eigenvalue weighted by Crippen LogP contribution is 2.19. The first-order chi connectivity index (χ1) is 12.5. The van der Waals surface area contributed by atoms with Gasteiger partial charge in [0.25, 0.3) is 5.91 Å². The second-order valence-corrected chi connectivity index (χ2v) is 6.86. The van der Waals surface area contributed by atoms with Crippen LogP contribution in [0.1, 0.15) is 28.5 Å². The average Bonchev–Trinajstić information content (AvgIpc) is 2.92. The number of anilines is 1. The van der Waals surface area contributed by atoms with Gasteiger partial charge in [-0.1, -0.05) is 24.6 Å². The first-order valence-electron chi connectivity index (χ1n) is 8.89. The van der Waals surface area contributed by atoms with E-state index in [1.165, 1.54) is 4.68 Å². The van der Waals surface area contributed by atoms with Crippen LogP contribution in [-0.4, -0.2) is 58.3 Å². The Morgan fingerprint density at radius 1 is 1.27 bits per heavy atom. The fourth-order valence-corrected chi connectivity index (χ4v) is 3.42. The Bertz CT molecular complexity index is 765. The minimum absolute atomic E-state index is 0.222. The number of halogens is 1. The molecule has 8 heteroatoms. The third kappa shape index (κ3) is 3.99. The summed E-state index contributed by atoms with van der Waals surface area (Å²) in [6.45, 7) is 9.60. The number of piperazine rings is 1. The molecule has 2 aromatic rings. The van der Waals surface area contributed by atoms with E-state index in [4.69, 9.17) is 11.6 Å². The summed E-state index contributed by atoms with van der Waals surface area (Å²) >= 11 is 6.14.